The van der Waals surface area contributed by atoms with Crippen molar-refractivity contribution in [2.75, 3.05) is 19.1 Å². The minimum atomic E-state index is -0.458. The van der Waals surface area contributed by atoms with Crippen molar-refractivity contribution in [3.05, 3.63) is 65.7 Å². The van der Waals surface area contributed by atoms with E-state index >= 15 is 0 Å². The Morgan fingerprint density at radius 3 is 2.19 bits per heavy atom. The van der Waals surface area contributed by atoms with Gasteiger partial charge < -0.3 is 14.4 Å². The summed E-state index contributed by atoms with van der Waals surface area (Å²) in [5.41, 5.74) is 3.30. The van der Waals surface area contributed by atoms with E-state index in [0.717, 1.165) is 24.1 Å². The Labute approximate surface area is 197 Å². The molecule has 6 atom stereocenters. The zero-order valence-corrected chi connectivity index (χ0v) is 20.2. The summed E-state index contributed by atoms with van der Waals surface area (Å²) >= 11 is 2.50. The van der Waals surface area contributed by atoms with Crippen molar-refractivity contribution in [2.24, 2.45) is 17.8 Å². The molecule has 2 aromatic carbocycles. The molecule has 2 aromatic rings. The lowest BCUT2D eigenvalue weighted by molar-refractivity contribution is -0.154. The maximum atomic E-state index is 13.2. The highest BCUT2D eigenvalue weighted by atomic mass is 127. The number of benzene rings is 2. The van der Waals surface area contributed by atoms with E-state index in [9.17, 15) is 9.59 Å². The molecule has 0 bridgehead atoms. The molecule has 0 amide bonds. The molecular weight excluding hydrogens is 505 g/mol. The number of anilines is 1. The summed E-state index contributed by atoms with van der Waals surface area (Å²) in [5, 5.41) is 0. The number of rotatable bonds is 4. The van der Waals surface area contributed by atoms with Crippen LogP contribution in [0.4, 0.5) is 5.69 Å². The van der Waals surface area contributed by atoms with Crippen LogP contribution in [-0.4, -0.2) is 36.1 Å². The topological polar surface area (TPSA) is 55.8 Å². The van der Waals surface area contributed by atoms with Gasteiger partial charge in [-0.3, -0.25) is 9.59 Å². The predicted octanol–water partition coefficient (Wildman–Crippen LogP) is 4.72. The SMILES string of the molecule is COC(=O)[C@H]1[C@H]2[C@H]([C@H](I)CC[C@@H]2C(=O)OC)N(c2ccc(C)cc2)[C@H]1c1ccccc1. The van der Waals surface area contributed by atoms with Gasteiger partial charge in [0.15, 0.2) is 0 Å². The number of alkyl halides is 1. The molecule has 2 fully saturated rings. The lowest BCUT2D eigenvalue weighted by Crippen LogP contribution is -2.48. The second kappa shape index (κ2) is 9.18. The Hall–Kier alpha value is -2.09. The van der Waals surface area contributed by atoms with Gasteiger partial charge in [-0.2, -0.15) is 0 Å². The molecule has 31 heavy (non-hydrogen) atoms. The van der Waals surface area contributed by atoms with E-state index in [0.29, 0.717) is 3.92 Å². The van der Waals surface area contributed by atoms with Crippen LogP contribution in [0, 0.1) is 24.7 Å². The summed E-state index contributed by atoms with van der Waals surface area (Å²) in [4.78, 5) is 28.4. The fraction of sp³-hybridized carbons (Fsp3) is 0.440. The molecule has 0 radical (unpaired) electrons. The average molecular weight is 533 g/mol. The van der Waals surface area contributed by atoms with Crippen molar-refractivity contribution >= 4 is 40.2 Å². The Bertz CT molecular complexity index is 932. The third-order valence-electron chi connectivity index (χ3n) is 6.81. The van der Waals surface area contributed by atoms with Gasteiger partial charge in [-0.15, -0.1) is 0 Å². The molecule has 0 spiro atoms. The molecule has 1 aliphatic carbocycles. The summed E-state index contributed by atoms with van der Waals surface area (Å²) in [6.45, 7) is 2.07. The highest BCUT2D eigenvalue weighted by Gasteiger charge is 2.60. The Morgan fingerprint density at radius 2 is 1.58 bits per heavy atom. The Morgan fingerprint density at radius 1 is 0.935 bits per heavy atom. The van der Waals surface area contributed by atoms with Crippen molar-refractivity contribution in [1.29, 1.82) is 0 Å². The zero-order chi connectivity index (χ0) is 22.1. The van der Waals surface area contributed by atoms with Crippen molar-refractivity contribution in [3.8, 4) is 0 Å². The van der Waals surface area contributed by atoms with E-state index in [4.69, 9.17) is 9.47 Å². The van der Waals surface area contributed by atoms with Crippen LogP contribution in [0.25, 0.3) is 0 Å². The minimum Gasteiger partial charge on any atom is -0.469 e. The predicted molar refractivity (Wildman–Crippen MR) is 128 cm³/mol. The molecular formula is C25H28INO4. The van der Waals surface area contributed by atoms with Gasteiger partial charge in [0.1, 0.15) is 0 Å². The highest BCUT2D eigenvalue weighted by molar-refractivity contribution is 14.1. The van der Waals surface area contributed by atoms with Gasteiger partial charge in [0.25, 0.3) is 0 Å². The first-order valence-corrected chi connectivity index (χ1v) is 11.9. The van der Waals surface area contributed by atoms with Gasteiger partial charge in [0.05, 0.1) is 32.1 Å². The Kier molecular flexibility index (Phi) is 6.55. The monoisotopic (exact) mass is 533 g/mol. The van der Waals surface area contributed by atoms with Crippen LogP contribution in [0.5, 0.6) is 0 Å². The third-order valence-corrected chi connectivity index (χ3v) is 8.17. The molecule has 1 heterocycles. The first kappa shape index (κ1) is 22.1. The fourth-order valence-electron chi connectivity index (χ4n) is 5.49. The number of hydrogen-bond acceptors (Lipinski definition) is 5. The van der Waals surface area contributed by atoms with Gasteiger partial charge >= 0.3 is 11.9 Å². The molecule has 0 unspecified atom stereocenters. The van der Waals surface area contributed by atoms with Crippen molar-refractivity contribution in [2.45, 2.75) is 35.8 Å². The second-order valence-corrected chi connectivity index (χ2v) is 10.0. The smallest absolute Gasteiger partial charge is 0.311 e. The van der Waals surface area contributed by atoms with E-state index in [1.54, 1.807) is 0 Å². The number of nitrogens with zero attached hydrogens (tertiary/aromatic N) is 1. The molecule has 1 aliphatic heterocycles. The number of halogens is 1. The zero-order valence-electron chi connectivity index (χ0n) is 18.0. The van der Waals surface area contributed by atoms with Gasteiger partial charge in [-0.25, -0.2) is 0 Å². The van der Waals surface area contributed by atoms with Crippen LogP contribution in [0.15, 0.2) is 54.6 Å². The maximum Gasteiger partial charge on any atom is 0.311 e. The quantitative estimate of drug-likeness (QED) is 0.324. The number of carbonyl (C=O) groups is 2. The first-order chi connectivity index (χ1) is 15.0. The third kappa shape index (κ3) is 3.95. The molecule has 5 nitrogen and oxygen atoms in total. The molecule has 1 saturated carbocycles. The normalized spacial score (nSPS) is 29.9. The molecule has 0 N–H and O–H groups in total. The number of aryl methyl sites for hydroxylation is 1. The second-order valence-electron chi connectivity index (χ2n) is 8.44. The summed E-state index contributed by atoms with van der Waals surface area (Å²) in [7, 11) is 2.87. The summed E-state index contributed by atoms with van der Waals surface area (Å²) in [5.74, 6) is -1.46. The van der Waals surface area contributed by atoms with Crippen LogP contribution in [-0.2, 0) is 19.1 Å². The van der Waals surface area contributed by atoms with Gasteiger partial charge in [0, 0.05) is 21.6 Å². The van der Waals surface area contributed by atoms with Gasteiger partial charge in [-0.1, -0.05) is 70.6 Å². The lowest BCUT2D eigenvalue weighted by atomic mass is 9.70. The summed E-state index contributed by atoms with van der Waals surface area (Å²) < 4.78 is 10.8. The number of carbonyl (C=O) groups excluding carboxylic acids is 2. The van der Waals surface area contributed by atoms with E-state index in [-0.39, 0.29) is 35.9 Å². The number of hydrogen-bond donors (Lipinski definition) is 0. The summed E-state index contributed by atoms with van der Waals surface area (Å²) in [6, 6.07) is 18.3. The van der Waals surface area contributed by atoms with E-state index in [1.165, 1.54) is 19.8 Å². The number of esters is 2. The van der Waals surface area contributed by atoms with Crippen molar-refractivity contribution < 1.29 is 19.1 Å². The Balaban J connectivity index is 1.92. The van der Waals surface area contributed by atoms with Crippen LogP contribution in [0.2, 0.25) is 0 Å². The molecule has 0 aromatic heterocycles. The average Bonchev–Trinajstić information content (AvgIpc) is 3.16. The van der Waals surface area contributed by atoms with Crippen molar-refractivity contribution in [3.63, 3.8) is 0 Å². The lowest BCUT2D eigenvalue weighted by Gasteiger charge is -2.41. The summed E-state index contributed by atoms with van der Waals surface area (Å²) in [6.07, 6.45) is 1.62. The number of fused-ring (bicyclic) bond motifs is 1. The molecule has 6 heteroatoms. The number of methoxy groups -OCH3 is 2. The van der Waals surface area contributed by atoms with Gasteiger partial charge in [-0.05, 0) is 37.5 Å². The van der Waals surface area contributed by atoms with E-state index < -0.39 is 5.92 Å². The standard InChI is InChI=1S/C25H28INO4/c1-15-9-11-17(12-10-15)27-22(16-7-5-4-6-8-16)21(25(29)31-3)20-18(24(28)30-2)13-14-19(26)23(20)27/h4-12,18-23H,13-14H2,1-3H3/t18-,19+,20-,21-,22-,23-/m0/s1. The largest absolute Gasteiger partial charge is 0.469 e. The van der Waals surface area contributed by atoms with Crippen LogP contribution in [0.3, 0.4) is 0 Å². The molecule has 2 aliphatic rings. The fourth-order valence-corrected chi connectivity index (χ4v) is 6.67. The molecule has 4 rings (SSSR count). The minimum absolute atomic E-state index is 0.0236. The van der Waals surface area contributed by atoms with Gasteiger partial charge in [0.2, 0.25) is 0 Å². The van der Waals surface area contributed by atoms with E-state index in [2.05, 4.69) is 70.8 Å². The highest BCUT2D eigenvalue weighted by Crippen LogP contribution is 2.55. The van der Waals surface area contributed by atoms with E-state index in [1.807, 2.05) is 18.2 Å². The first-order valence-electron chi connectivity index (χ1n) is 10.7. The number of ether oxygens (including phenoxy) is 2. The van der Waals surface area contributed by atoms with Crippen LogP contribution < -0.4 is 4.90 Å². The van der Waals surface area contributed by atoms with Crippen LogP contribution >= 0.6 is 22.6 Å². The molecule has 1 saturated heterocycles. The van der Waals surface area contributed by atoms with Crippen molar-refractivity contribution in [1.82, 2.24) is 0 Å². The van der Waals surface area contributed by atoms with Crippen LogP contribution in [0.1, 0.15) is 30.0 Å². The maximum absolute atomic E-state index is 13.2. The molecule has 164 valence electrons.